The van der Waals surface area contributed by atoms with Crippen LogP contribution in [-0.4, -0.2) is 34.9 Å². The van der Waals surface area contributed by atoms with Crippen LogP contribution in [0.5, 0.6) is 0 Å². The molecule has 0 fully saturated rings. The molecule has 0 radical (unpaired) electrons. The Labute approximate surface area is 166 Å². The van der Waals surface area contributed by atoms with E-state index in [-0.39, 0.29) is 12.0 Å². The van der Waals surface area contributed by atoms with Crippen molar-refractivity contribution in [2.75, 3.05) is 13.2 Å². The number of aryl methyl sites for hydroxylation is 1. The van der Waals surface area contributed by atoms with E-state index in [1.54, 1.807) is 10.9 Å². The van der Waals surface area contributed by atoms with Gasteiger partial charge in [-0.3, -0.25) is 4.79 Å². The van der Waals surface area contributed by atoms with Gasteiger partial charge < -0.3 is 10.1 Å². The molecule has 3 aromatic rings. The maximum atomic E-state index is 12.9. The van der Waals surface area contributed by atoms with Gasteiger partial charge in [0, 0.05) is 24.9 Å². The van der Waals surface area contributed by atoms with Crippen molar-refractivity contribution in [2.24, 2.45) is 0 Å². The Balaban J connectivity index is 1.84. The lowest BCUT2D eigenvalue weighted by Crippen LogP contribution is -2.25. The van der Waals surface area contributed by atoms with Gasteiger partial charge in [0.1, 0.15) is 5.69 Å². The molecule has 146 valence electrons. The molecule has 0 saturated carbocycles. The number of ether oxygens (including phenoxy) is 1. The number of rotatable bonds is 8. The summed E-state index contributed by atoms with van der Waals surface area (Å²) >= 11 is 0. The highest BCUT2D eigenvalue weighted by Gasteiger charge is 2.18. The van der Waals surface area contributed by atoms with Gasteiger partial charge in [-0.05, 0) is 45.4 Å². The summed E-state index contributed by atoms with van der Waals surface area (Å²) in [5.41, 5.74) is 4.23. The molecule has 5 nitrogen and oxygen atoms in total. The Morgan fingerprint density at radius 2 is 1.93 bits per heavy atom. The second-order valence-electron chi connectivity index (χ2n) is 7.07. The number of nitrogens with one attached hydrogen (secondary N) is 1. The van der Waals surface area contributed by atoms with Gasteiger partial charge in [0.2, 0.25) is 0 Å². The molecule has 0 atom stereocenters. The van der Waals surface area contributed by atoms with Crippen LogP contribution in [0, 0.1) is 6.92 Å². The van der Waals surface area contributed by atoms with Crippen LogP contribution < -0.4 is 5.32 Å². The SMILES string of the molecule is Cc1cccc(-c2nn(-c3ccccc3)cc2C(=O)NCCCOC(C)C)c1. The van der Waals surface area contributed by atoms with Crippen LogP contribution in [-0.2, 0) is 4.74 Å². The molecule has 0 spiro atoms. The molecular formula is C23H27N3O2. The predicted octanol–water partition coefficient (Wildman–Crippen LogP) is 4.39. The van der Waals surface area contributed by atoms with Crippen LogP contribution in [0.1, 0.15) is 36.2 Å². The van der Waals surface area contributed by atoms with E-state index in [2.05, 4.69) is 5.32 Å². The van der Waals surface area contributed by atoms with Crippen molar-refractivity contribution in [1.29, 1.82) is 0 Å². The third kappa shape index (κ3) is 5.08. The molecule has 1 amide bonds. The number of carbonyl (C=O) groups excluding carboxylic acids is 1. The van der Waals surface area contributed by atoms with E-state index in [0.29, 0.717) is 24.4 Å². The number of carbonyl (C=O) groups is 1. The number of nitrogens with zero attached hydrogens (tertiary/aromatic N) is 2. The fourth-order valence-corrected chi connectivity index (χ4v) is 2.95. The minimum atomic E-state index is -0.122. The first-order valence-electron chi connectivity index (χ1n) is 9.66. The van der Waals surface area contributed by atoms with Gasteiger partial charge >= 0.3 is 0 Å². The van der Waals surface area contributed by atoms with Crippen LogP contribution in [0.2, 0.25) is 0 Å². The summed E-state index contributed by atoms with van der Waals surface area (Å²) in [6, 6.07) is 17.9. The Hall–Kier alpha value is -2.92. The first-order chi connectivity index (χ1) is 13.5. The van der Waals surface area contributed by atoms with Crippen LogP contribution >= 0.6 is 0 Å². The van der Waals surface area contributed by atoms with Crippen molar-refractivity contribution in [2.45, 2.75) is 33.3 Å². The molecule has 1 N–H and O–H groups in total. The minimum absolute atomic E-state index is 0.122. The van der Waals surface area contributed by atoms with E-state index in [1.807, 2.05) is 75.4 Å². The molecule has 0 aliphatic heterocycles. The van der Waals surface area contributed by atoms with Crippen molar-refractivity contribution < 1.29 is 9.53 Å². The van der Waals surface area contributed by atoms with E-state index < -0.39 is 0 Å². The van der Waals surface area contributed by atoms with Gasteiger partial charge in [-0.15, -0.1) is 0 Å². The molecule has 0 bridgehead atoms. The lowest BCUT2D eigenvalue weighted by atomic mass is 10.1. The number of aromatic nitrogens is 2. The molecule has 0 aliphatic carbocycles. The van der Waals surface area contributed by atoms with Crippen molar-refractivity contribution in [3.8, 4) is 16.9 Å². The van der Waals surface area contributed by atoms with Crippen LogP contribution in [0.4, 0.5) is 0 Å². The smallest absolute Gasteiger partial charge is 0.255 e. The molecule has 0 aliphatic rings. The highest BCUT2D eigenvalue weighted by molar-refractivity contribution is 5.99. The molecule has 0 saturated heterocycles. The second kappa shape index (κ2) is 9.33. The van der Waals surface area contributed by atoms with Crippen molar-refractivity contribution in [3.05, 3.63) is 71.9 Å². The second-order valence-corrected chi connectivity index (χ2v) is 7.07. The normalized spacial score (nSPS) is 11.0. The van der Waals surface area contributed by atoms with E-state index in [0.717, 1.165) is 23.2 Å². The number of hydrogen-bond acceptors (Lipinski definition) is 3. The van der Waals surface area contributed by atoms with E-state index in [9.17, 15) is 4.79 Å². The fraction of sp³-hybridized carbons (Fsp3) is 0.304. The molecule has 0 unspecified atom stereocenters. The summed E-state index contributed by atoms with van der Waals surface area (Å²) in [6.45, 7) is 7.24. The van der Waals surface area contributed by atoms with Gasteiger partial charge in [0.25, 0.3) is 5.91 Å². The van der Waals surface area contributed by atoms with Gasteiger partial charge in [-0.2, -0.15) is 5.10 Å². The summed E-state index contributed by atoms with van der Waals surface area (Å²) in [7, 11) is 0. The van der Waals surface area contributed by atoms with E-state index >= 15 is 0 Å². The summed E-state index contributed by atoms with van der Waals surface area (Å²) in [4.78, 5) is 12.9. The zero-order valence-electron chi connectivity index (χ0n) is 16.7. The zero-order chi connectivity index (χ0) is 19.9. The predicted molar refractivity (Wildman–Crippen MR) is 112 cm³/mol. The van der Waals surface area contributed by atoms with Crippen LogP contribution in [0.25, 0.3) is 16.9 Å². The topological polar surface area (TPSA) is 56.2 Å². The van der Waals surface area contributed by atoms with E-state index in [1.165, 1.54) is 0 Å². The van der Waals surface area contributed by atoms with Gasteiger partial charge in [0.05, 0.1) is 17.4 Å². The van der Waals surface area contributed by atoms with Crippen LogP contribution in [0.3, 0.4) is 0 Å². The lowest BCUT2D eigenvalue weighted by molar-refractivity contribution is 0.0757. The highest BCUT2D eigenvalue weighted by Crippen LogP contribution is 2.24. The van der Waals surface area contributed by atoms with Gasteiger partial charge in [-0.25, -0.2) is 4.68 Å². The minimum Gasteiger partial charge on any atom is -0.379 e. The number of amides is 1. The monoisotopic (exact) mass is 377 g/mol. The van der Waals surface area contributed by atoms with Crippen molar-refractivity contribution in [3.63, 3.8) is 0 Å². The fourth-order valence-electron chi connectivity index (χ4n) is 2.95. The summed E-state index contributed by atoms with van der Waals surface area (Å²) < 4.78 is 7.29. The van der Waals surface area contributed by atoms with Crippen LogP contribution in [0.15, 0.2) is 60.8 Å². The molecule has 1 heterocycles. The molecular weight excluding hydrogens is 350 g/mol. The highest BCUT2D eigenvalue weighted by atomic mass is 16.5. The number of para-hydroxylation sites is 1. The number of benzene rings is 2. The lowest BCUT2D eigenvalue weighted by Gasteiger charge is -2.08. The van der Waals surface area contributed by atoms with Crippen molar-refractivity contribution >= 4 is 5.91 Å². The average molecular weight is 377 g/mol. The third-order valence-electron chi connectivity index (χ3n) is 4.33. The standard InChI is InChI=1S/C23H27N3O2/c1-17(2)28-14-8-13-24-23(27)21-16-26(20-11-5-4-6-12-20)25-22(21)19-10-7-9-18(3)15-19/h4-7,9-12,15-17H,8,13-14H2,1-3H3,(H,24,27). The Kier molecular flexibility index (Phi) is 6.61. The summed E-state index contributed by atoms with van der Waals surface area (Å²) in [5.74, 6) is -0.122. The molecule has 5 heteroatoms. The zero-order valence-corrected chi connectivity index (χ0v) is 16.7. The summed E-state index contributed by atoms with van der Waals surface area (Å²) in [6.07, 6.45) is 2.77. The number of hydrogen-bond donors (Lipinski definition) is 1. The maximum Gasteiger partial charge on any atom is 0.255 e. The Morgan fingerprint density at radius 1 is 1.14 bits per heavy atom. The van der Waals surface area contributed by atoms with Gasteiger partial charge in [-0.1, -0.05) is 42.0 Å². The third-order valence-corrected chi connectivity index (χ3v) is 4.33. The first-order valence-corrected chi connectivity index (χ1v) is 9.66. The molecule has 2 aromatic carbocycles. The average Bonchev–Trinajstić information content (AvgIpc) is 3.14. The maximum absolute atomic E-state index is 12.9. The largest absolute Gasteiger partial charge is 0.379 e. The van der Waals surface area contributed by atoms with E-state index in [4.69, 9.17) is 9.84 Å². The molecule has 28 heavy (non-hydrogen) atoms. The Bertz CT molecular complexity index is 917. The molecule has 3 rings (SSSR count). The van der Waals surface area contributed by atoms with Gasteiger partial charge in [0.15, 0.2) is 0 Å². The van der Waals surface area contributed by atoms with Crippen molar-refractivity contribution in [1.82, 2.24) is 15.1 Å². The summed E-state index contributed by atoms with van der Waals surface area (Å²) in [5, 5.41) is 7.70. The first kappa shape index (κ1) is 19.8. The quantitative estimate of drug-likeness (QED) is 0.592. The Morgan fingerprint density at radius 3 is 2.64 bits per heavy atom. The molecule has 1 aromatic heterocycles.